The number of likely N-dealkylation sites (N-methyl/N-ethyl adjacent to an activating group) is 1. The average Bonchev–Trinajstić information content (AvgIpc) is 3.06. The van der Waals surface area contributed by atoms with Gasteiger partial charge in [0.15, 0.2) is 5.11 Å². The monoisotopic (exact) mass is 418 g/mol. The number of thiophene rings is 1. The van der Waals surface area contributed by atoms with E-state index in [0.717, 1.165) is 42.5 Å². The van der Waals surface area contributed by atoms with Crippen LogP contribution in [0.15, 0.2) is 36.4 Å². The van der Waals surface area contributed by atoms with Crippen LogP contribution in [0.1, 0.15) is 27.7 Å². The van der Waals surface area contributed by atoms with Crippen LogP contribution in [0, 0.1) is 0 Å². The third kappa shape index (κ3) is 5.75. The van der Waals surface area contributed by atoms with Gasteiger partial charge in [0, 0.05) is 37.5 Å². The van der Waals surface area contributed by atoms with Crippen molar-refractivity contribution in [1.82, 2.24) is 15.3 Å². The van der Waals surface area contributed by atoms with Gasteiger partial charge >= 0.3 is 5.97 Å². The third-order valence-corrected chi connectivity index (χ3v) is 5.73. The van der Waals surface area contributed by atoms with Gasteiger partial charge in [-0.05, 0) is 37.8 Å². The number of carbonyl (C=O) groups is 1. The highest BCUT2D eigenvalue weighted by Crippen LogP contribution is 2.30. The normalized spacial score (nSPS) is 15.2. The molecule has 2 heterocycles. The molecule has 1 fully saturated rings. The van der Waals surface area contributed by atoms with E-state index in [-0.39, 0.29) is 5.97 Å². The molecule has 0 saturated carbocycles. The second-order valence-corrected chi connectivity index (χ2v) is 8.24. The number of hydrazine groups is 1. The number of rotatable bonds is 6. The van der Waals surface area contributed by atoms with E-state index < -0.39 is 0 Å². The van der Waals surface area contributed by atoms with E-state index in [0.29, 0.717) is 17.3 Å². The highest BCUT2D eigenvalue weighted by atomic mass is 32.1. The van der Waals surface area contributed by atoms with Crippen LogP contribution in [0.2, 0.25) is 0 Å². The molecule has 0 atom stereocenters. The number of anilines is 1. The smallest absolute Gasteiger partial charge is 0.341 e. The zero-order valence-corrected chi connectivity index (χ0v) is 17.9. The average molecular weight is 419 g/mol. The number of thiocarbonyl (C=S) groups is 1. The van der Waals surface area contributed by atoms with Crippen molar-refractivity contribution in [2.24, 2.45) is 0 Å². The van der Waals surface area contributed by atoms with Crippen LogP contribution in [0.4, 0.5) is 5.00 Å². The number of hydrogen-bond donors (Lipinski definition) is 2. The first kappa shape index (κ1) is 20.7. The van der Waals surface area contributed by atoms with Gasteiger partial charge in [0.05, 0.1) is 12.2 Å². The number of ether oxygens (including phenoxy) is 1. The Balaban J connectivity index is 1.70. The minimum Gasteiger partial charge on any atom is -0.462 e. The van der Waals surface area contributed by atoms with E-state index >= 15 is 0 Å². The molecule has 150 valence electrons. The van der Waals surface area contributed by atoms with Crippen LogP contribution >= 0.6 is 23.6 Å². The van der Waals surface area contributed by atoms with Gasteiger partial charge < -0.3 is 15.0 Å². The van der Waals surface area contributed by atoms with E-state index in [9.17, 15) is 4.79 Å². The first-order valence-corrected chi connectivity index (χ1v) is 10.6. The minimum atomic E-state index is -0.331. The summed E-state index contributed by atoms with van der Waals surface area (Å²) in [5.74, 6) is -0.331. The fraction of sp³-hybridized carbons (Fsp3) is 0.400. The van der Waals surface area contributed by atoms with Gasteiger partial charge in [0.25, 0.3) is 0 Å². The van der Waals surface area contributed by atoms with Crippen molar-refractivity contribution in [2.45, 2.75) is 13.3 Å². The second-order valence-electron chi connectivity index (χ2n) is 6.69. The molecule has 6 nitrogen and oxygen atoms in total. The van der Waals surface area contributed by atoms with Crippen molar-refractivity contribution in [3.63, 3.8) is 0 Å². The summed E-state index contributed by atoms with van der Waals surface area (Å²) in [6, 6.07) is 12.1. The second kappa shape index (κ2) is 9.97. The minimum absolute atomic E-state index is 0.331. The molecule has 0 bridgehead atoms. The molecule has 0 aliphatic carbocycles. The van der Waals surface area contributed by atoms with Gasteiger partial charge in [0.1, 0.15) is 5.00 Å². The molecule has 1 aliphatic heterocycles. The predicted octanol–water partition coefficient (Wildman–Crippen LogP) is 2.96. The number of piperazine rings is 1. The van der Waals surface area contributed by atoms with E-state index in [1.54, 1.807) is 0 Å². The molecule has 0 amide bonds. The fourth-order valence-corrected chi connectivity index (χ4v) is 4.35. The van der Waals surface area contributed by atoms with E-state index in [1.807, 2.05) is 31.2 Å². The molecule has 0 spiro atoms. The highest BCUT2D eigenvalue weighted by Gasteiger charge is 2.20. The van der Waals surface area contributed by atoms with Crippen LogP contribution in [0.25, 0.3) is 0 Å². The summed E-state index contributed by atoms with van der Waals surface area (Å²) in [6.45, 7) is 5.92. The van der Waals surface area contributed by atoms with Crippen molar-refractivity contribution in [2.75, 3.05) is 45.2 Å². The maximum Gasteiger partial charge on any atom is 0.341 e. The van der Waals surface area contributed by atoms with Crippen molar-refractivity contribution in [1.29, 1.82) is 0 Å². The molecule has 1 aromatic heterocycles. The Kier molecular flexibility index (Phi) is 7.38. The van der Waals surface area contributed by atoms with Gasteiger partial charge in [-0.2, -0.15) is 0 Å². The summed E-state index contributed by atoms with van der Waals surface area (Å²) in [7, 11) is 2.11. The quantitative estimate of drug-likeness (QED) is 0.552. The molecule has 1 aromatic carbocycles. The van der Waals surface area contributed by atoms with Gasteiger partial charge in [0.2, 0.25) is 0 Å². The van der Waals surface area contributed by atoms with Crippen molar-refractivity contribution in [3.8, 4) is 0 Å². The molecule has 0 unspecified atom stereocenters. The van der Waals surface area contributed by atoms with Crippen molar-refractivity contribution in [3.05, 3.63) is 52.4 Å². The predicted molar refractivity (Wildman–Crippen MR) is 118 cm³/mol. The lowest BCUT2D eigenvalue weighted by Gasteiger charge is -2.33. The maximum absolute atomic E-state index is 12.4. The van der Waals surface area contributed by atoms with Gasteiger partial charge in [-0.15, -0.1) is 11.3 Å². The molecule has 3 rings (SSSR count). The molecular formula is C20H26N4O2S2. The Labute approximate surface area is 175 Å². The SMILES string of the molecule is CCOC(=O)c1cc(Cc2ccccc2)sc1NC(=S)NN1CCN(C)CC1. The highest BCUT2D eigenvalue weighted by molar-refractivity contribution is 7.80. The Morgan fingerprint density at radius 2 is 1.93 bits per heavy atom. The number of carbonyl (C=O) groups excluding carboxylic acids is 1. The number of benzene rings is 1. The van der Waals surface area contributed by atoms with E-state index in [4.69, 9.17) is 17.0 Å². The molecule has 2 N–H and O–H groups in total. The lowest BCUT2D eigenvalue weighted by atomic mass is 10.1. The molecule has 8 heteroatoms. The number of nitrogens with zero attached hydrogens (tertiary/aromatic N) is 2. The van der Waals surface area contributed by atoms with Crippen LogP contribution in [0.5, 0.6) is 0 Å². The number of nitrogens with one attached hydrogen (secondary N) is 2. The van der Waals surface area contributed by atoms with Gasteiger partial charge in [-0.1, -0.05) is 30.3 Å². The van der Waals surface area contributed by atoms with Crippen molar-refractivity contribution >= 4 is 39.6 Å². The molecule has 2 aromatic rings. The Morgan fingerprint density at radius 1 is 1.21 bits per heavy atom. The van der Waals surface area contributed by atoms with Crippen LogP contribution in [-0.4, -0.2) is 60.8 Å². The number of esters is 1. The Morgan fingerprint density at radius 3 is 2.61 bits per heavy atom. The van der Waals surface area contributed by atoms with E-state index in [2.05, 4.69) is 39.8 Å². The standard InChI is InChI=1S/C20H26N4O2S2/c1-3-26-19(25)17-14-16(13-15-7-5-4-6-8-15)28-18(17)21-20(27)22-24-11-9-23(2)10-12-24/h4-8,14H,3,9-13H2,1-2H3,(H2,21,22,27). The zero-order valence-electron chi connectivity index (χ0n) is 16.2. The van der Waals surface area contributed by atoms with Crippen molar-refractivity contribution < 1.29 is 9.53 Å². The molecule has 1 aliphatic rings. The summed E-state index contributed by atoms with van der Waals surface area (Å²) in [4.78, 5) is 15.8. The largest absolute Gasteiger partial charge is 0.462 e. The Hall–Kier alpha value is -2.00. The van der Waals surface area contributed by atoms with E-state index in [1.165, 1.54) is 16.9 Å². The summed E-state index contributed by atoms with van der Waals surface area (Å²) >= 11 is 7.01. The lowest BCUT2D eigenvalue weighted by molar-refractivity contribution is 0.0528. The fourth-order valence-electron chi connectivity index (χ4n) is 2.97. The molecule has 28 heavy (non-hydrogen) atoms. The molecule has 1 saturated heterocycles. The molecule has 0 radical (unpaired) electrons. The lowest BCUT2D eigenvalue weighted by Crippen LogP contribution is -2.53. The van der Waals surface area contributed by atoms with Crippen LogP contribution < -0.4 is 10.7 Å². The van der Waals surface area contributed by atoms with Gasteiger partial charge in [-0.3, -0.25) is 5.43 Å². The zero-order chi connectivity index (χ0) is 19.9. The third-order valence-electron chi connectivity index (χ3n) is 4.49. The molecular weight excluding hydrogens is 392 g/mol. The van der Waals surface area contributed by atoms with Gasteiger partial charge in [-0.25, -0.2) is 9.80 Å². The topological polar surface area (TPSA) is 56.8 Å². The Bertz CT molecular complexity index is 802. The summed E-state index contributed by atoms with van der Waals surface area (Å²) in [6.07, 6.45) is 0.762. The first-order chi connectivity index (χ1) is 13.5. The maximum atomic E-state index is 12.4. The van der Waals surface area contributed by atoms with Crippen LogP contribution in [-0.2, 0) is 11.2 Å². The van der Waals surface area contributed by atoms with Crippen LogP contribution in [0.3, 0.4) is 0 Å². The first-order valence-electron chi connectivity index (χ1n) is 9.40. The summed E-state index contributed by atoms with van der Waals surface area (Å²) < 4.78 is 5.22. The summed E-state index contributed by atoms with van der Waals surface area (Å²) in [5, 5.41) is 6.50. The summed E-state index contributed by atoms with van der Waals surface area (Å²) in [5.41, 5.74) is 4.95. The number of hydrogen-bond acceptors (Lipinski definition) is 6.